The van der Waals surface area contributed by atoms with Crippen LogP contribution in [0.3, 0.4) is 0 Å². The highest BCUT2D eigenvalue weighted by molar-refractivity contribution is 5.94. The van der Waals surface area contributed by atoms with Crippen molar-refractivity contribution in [1.82, 2.24) is 9.88 Å². The van der Waals surface area contributed by atoms with Crippen LogP contribution in [0.2, 0.25) is 0 Å². The fourth-order valence-electron chi connectivity index (χ4n) is 2.94. The largest absolute Gasteiger partial charge is 0.573 e. The van der Waals surface area contributed by atoms with E-state index in [0.29, 0.717) is 43.0 Å². The molecule has 2 heterocycles. The second kappa shape index (κ2) is 8.37. The normalized spacial score (nSPS) is 15.2. The van der Waals surface area contributed by atoms with Gasteiger partial charge in [-0.1, -0.05) is 6.07 Å². The molecule has 9 heteroatoms. The third kappa shape index (κ3) is 5.28. The van der Waals surface area contributed by atoms with Gasteiger partial charge in [-0.25, -0.2) is 0 Å². The number of piperidine rings is 1. The summed E-state index contributed by atoms with van der Waals surface area (Å²) in [5, 5.41) is 0. The van der Waals surface area contributed by atoms with Gasteiger partial charge in [0.2, 0.25) is 0 Å². The molecule has 1 aliphatic rings. The summed E-state index contributed by atoms with van der Waals surface area (Å²) >= 11 is 0. The van der Waals surface area contributed by atoms with Gasteiger partial charge < -0.3 is 19.1 Å². The Kier molecular flexibility index (Phi) is 5.91. The van der Waals surface area contributed by atoms with Crippen molar-refractivity contribution in [2.75, 3.05) is 20.2 Å². The average Bonchev–Trinajstić information content (AvgIpc) is 2.67. The van der Waals surface area contributed by atoms with Crippen LogP contribution >= 0.6 is 0 Å². The summed E-state index contributed by atoms with van der Waals surface area (Å²) in [6, 6.07) is 7.05. The van der Waals surface area contributed by atoms with Crippen molar-refractivity contribution >= 4 is 5.91 Å². The zero-order chi connectivity index (χ0) is 20.1. The van der Waals surface area contributed by atoms with Crippen LogP contribution in [0.5, 0.6) is 17.2 Å². The SMILES string of the molecule is COc1cncc(C(=O)N2CCC(Oc3cccc(OC(F)(F)F)c3)CC2)c1. The Balaban J connectivity index is 1.55. The van der Waals surface area contributed by atoms with Crippen molar-refractivity contribution in [1.29, 1.82) is 0 Å². The quantitative estimate of drug-likeness (QED) is 0.772. The number of hydrogen-bond donors (Lipinski definition) is 0. The molecule has 150 valence electrons. The number of aromatic nitrogens is 1. The number of carbonyl (C=O) groups is 1. The summed E-state index contributed by atoms with van der Waals surface area (Å²) in [6.45, 7) is 0.943. The Bertz CT molecular complexity index is 821. The Labute approximate surface area is 159 Å². The highest BCUT2D eigenvalue weighted by Crippen LogP contribution is 2.28. The predicted molar refractivity (Wildman–Crippen MR) is 93.5 cm³/mol. The number of benzene rings is 1. The van der Waals surface area contributed by atoms with E-state index in [0.717, 1.165) is 0 Å². The first kappa shape index (κ1) is 19.8. The fraction of sp³-hybridized carbons (Fsp3) is 0.368. The number of ether oxygens (including phenoxy) is 3. The zero-order valence-electron chi connectivity index (χ0n) is 15.1. The summed E-state index contributed by atoms with van der Waals surface area (Å²) in [5.74, 6) is 0.321. The molecule has 1 aromatic heterocycles. The Morgan fingerprint density at radius 1 is 1.11 bits per heavy atom. The first-order chi connectivity index (χ1) is 13.3. The Hall–Kier alpha value is -2.97. The molecule has 1 aromatic carbocycles. The highest BCUT2D eigenvalue weighted by Gasteiger charge is 2.31. The number of pyridine rings is 1. The molecule has 0 unspecified atom stereocenters. The first-order valence-electron chi connectivity index (χ1n) is 8.65. The number of hydrogen-bond acceptors (Lipinski definition) is 5. The van der Waals surface area contributed by atoms with Gasteiger partial charge in [-0.05, 0) is 18.2 Å². The van der Waals surface area contributed by atoms with Crippen molar-refractivity contribution in [2.45, 2.75) is 25.3 Å². The fourth-order valence-corrected chi connectivity index (χ4v) is 2.94. The van der Waals surface area contributed by atoms with Crippen LogP contribution in [0.25, 0.3) is 0 Å². The maximum Gasteiger partial charge on any atom is 0.573 e. The van der Waals surface area contributed by atoms with Gasteiger partial charge in [-0.3, -0.25) is 9.78 Å². The van der Waals surface area contributed by atoms with Gasteiger partial charge in [0, 0.05) is 38.2 Å². The number of alkyl halides is 3. The predicted octanol–water partition coefficient (Wildman–Crippen LogP) is 3.67. The van der Waals surface area contributed by atoms with Gasteiger partial charge in [-0.2, -0.15) is 0 Å². The van der Waals surface area contributed by atoms with Gasteiger partial charge in [-0.15, -0.1) is 13.2 Å². The number of nitrogens with zero attached hydrogens (tertiary/aromatic N) is 2. The van der Waals surface area contributed by atoms with Crippen LogP contribution in [0, 0.1) is 0 Å². The van der Waals surface area contributed by atoms with E-state index in [2.05, 4.69) is 9.72 Å². The first-order valence-corrected chi connectivity index (χ1v) is 8.65. The van der Waals surface area contributed by atoms with E-state index in [9.17, 15) is 18.0 Å². The molecule has 0 aliphatic carbocycles. The molecular formula is C19H19F3N2O4. The second-order valence-electron chi connectivity index (χ2n) is 6.25. The molecule has 1 aliphatic heterocycles. The number of amides is 1. The van der Waals surface area contributed by atoms with Crippen LogP contribution in [0.4, 0.5) is 13.2 Å². The monoisotopic (exact) mass is 396 g/mol. The molecule has 1 amide bonds. The standard InChI is InChI=1S/C19H19F3N2O4/c1-26-17-9-13(11-23-12-17)18(25)24-7-5-14(6-8-24)27-15-3-2-4-16(10-15)28-19(20,21)22/h2-4,9-12,14H,5-8H2,1H3. The number of carbonyl (C=O) groups excluding carboxylic acids is 1. The molecular weight excluding hydrogens is 377 g/mol. The van der Waals surface area contributed by atoms with E-state index < -0.39 is 6.36 Å². The van der Waals surface area contributed by atoms with Crippen molar-refractivity contribution in [3.05, 3.63) is 48.3 Å². The molecule has 1 fully saturated rings. The highest BCUT2D eigenvalue weighted by atomic mass is 19.4. The summed E-state index contributed by atoms with van der Waals surface area (Å²) in [7, 11) is 1.50. The van der Waals surface area contributed by atoms with E-state index in [-0.39, 0.29) is 17.8 Å². The molecule has 1 saturated heterocycles. The molecule has 0 atom stereocenters. The number of methoxy groups -OCH3 is 1. The Morgan fingerprint density at radius 3 is 2.50 bits per heavy atom. The third-order valence-electron chi connectivity index (χ3n) is 4.27. The third-order valence-corrected chi connectivity index (χ3v) is 4.27. The minimum absolute atomic E-state index is 0.148. The van der Waals surface area contributed by atoms with E-state index in [1.54, 1.807) is 17.0 Å². The van der Waals surface area contributed by atoms with E-state index in [1.165, 1.54) is 37.7 Å². The summed E-state index contributed by atoms with van der Waals surface area (Å²) in [5.41, 5.74) is 0.440. The lowest BCUT2D eigenvalue weighted by molar-refractivity contribution is -0.274. The maximum absolute atomic E-state index is 12.6. The maximum atomic E-state index is 12.6. The van der Waals surface area contributed by atoms with Crippen molar-refractivity contribution in [3.63, 3.8) is 0 Å². The molecule has 0 bridgehead atoms. The van der Waals surface area contributed by atoms with E-state index >= 15 is 0 Å². The molecule has 0 spiro atoms. The minimum atomic E-state index is -4.75. The number of rotatable bonds is 5. The Morgan fingerprint density at radius 2 is 1.82 bits per heavy atom. The molecule has 0 N–H and O–H groups in total. The van der Waals surface area contributed by atoms with Crippen molar-refractivity contribution < 1.29 is 32.2 Å². The van der Waals surface area contributed by atoms with Gasteiger partial charge in [0.25, 0.3) is 5.91 Å². The molecule has 3 rings (SSSR count). The van der Waals surface area contributed by atoms with Crippen LogP contribution in [-0.2, 0) is 0 Å². The average molecular weight is 396 g/mol. The molecule has 28 heavy (non-hydrogen) atoms. The van der Waals surface area contributed by atoms with Crippen LogP contribution in [-0.4, -0.2) is 48.5 Å². The lowest BCUT2D eigenvalue weighted by atomic mass is 10.1. The molecule has 2 aromatic rings. The lowest BCUT2D eigenvalue weighted by Crippen LogP contribution is -2.41. The smallest absolute Gasteiger partial charge is 0.495 e. The number of likely N-dealkylation sites (tertiary alicyclic amines) is 1. The summed E-state index contributed by atoms with van der Waals surface area (Å²) in [4.78, 5) is 18.3. The lowest BCUT2D eigenvalue weighted by Gasteiger charge is -2.32. The molecule has 6 nitrogen and oxygen atoms in total. The van der Waals surface area contributed by atoms with Gasteiger partial charge in [0.05, 0.1) is 18.9 Å². The van der Waals surface area contributed by atoms with E-state index in [4.69, 9.17) is 9.47 Å². The second-order valence-corrected chi connectivity index (χ2v) is 6.25. The van der Waals surface area contributed by atoms with Crippen LogP contribution in [0.1, 0.15) is 23.2 Å². The summed E-state index contributed by atoms with van der Waals surface area (Å²) in [6.07, 6.45) is -0.818. The van der Waals surface area contributed by atoms with Crippen molar-refractivity contribution in [2.24, 2.45) is 0 Å². The molecule has 0 radical (unpaired) electrons. The molecule has 0 saturated carbocycles. The van der Waals surface area contributed by atoms with E-state index in [1.807, 2.05) is 0 Å². The minimum Gasteiger partial charge on any atom is -0.495 e. The van der Waals surface area contributed by atoms with Crippen molar-refractivity contribution in [3.8, 4) is 17.2 Å². The summed E-state index contributed by atoms with van der Waals surface area (Å²) < 4.78 is 51.7. The van der Waals surface area contributed by atoms with Crippen LogP contribution in [0.15, 0.2) is 42.7 Å². The van der Waals surface area contributed by atoms with Gasteiger partial charge >= 0.3 is 6.36 Å². The van der Waals surface area contributed by atoms with Gasteiger partial charge in [0.15, 0.2) is 0 Å². The zero-order valence-corrected chi connectivity index (χ0v) is 15.1. The van der Waals surface area contributed by atoms with Crippen LogP contribution < -0.4 is 14.2 Å². The van der Waals surface area contributed by atoms with Gasteiger partial charge in [0.1, 0.15) is 23.4 Å². The number of halogens is 3. The topological polar surface area (TPSA) is 60.9 Å².